The second kappa shape index (κ2) is 7.90. The summed E-state index contributed by atoms with van der Waals surface area (Å²) in [6.45, 7) is 3.01. The van der Waals surface area contributed by atoms with Crippen LogP contribution in [0.3, 0.4) is 0 Å². The van der Waals surface area contributed by atoms with Crippen molar-refractivity contribution in [2.45, 2.75) is 24.3 Å². The number of nitrogens with zero attached hydrogens (tertiary/aromatic N) is 1. The van der Waals surface area contributed by atoms with E-state index in [0.717, 1.165) is 44.6 Å². The summed E-state index contributed by atoms with van der Waals surface area (Å²) in [5.41, 5.74) is 1.30. The van der Waals surface area contributed by atoms with E-state index in [0.29, 0.717) is 6.07 Å². The van der Waals surface area contributed by atoms with E-state index in [1.54, 1.807) is 11.3 Å². The summed E-state index contributed by atoms with van der Waals surface area (Å²) >= 11 is 1.68. The molecule has 0 amide bonds. The van der Waals surface area contributed by atoms with E-state index in [2.05, 4.69) is 26.4 Å². The molecule has 0 atom stereocenters. The van der Waals surface area contributed by atoms with Crippen LogP contribution in [0.5, 0.6) is 0 Å². The molecule has 1 aromatic heterocycles. The van der Waals surface area contributed by atoms with Crippen molar-refractivity contribution in [3.8, 4) is 0 Å². The zero-order valence-electron chi connectivity index (χ0n) is 13.6. The number of halogens is 2. The third-order valence-electron chi connectivity index (χ3n) is 4.44. The first-order valence-corrected chi connectivity index (χ1v) is 10.5. The fourth-order valence-electron chi connectivity index (χ4n) is 2.99. The first kappa shape index (κ1) is 18.4. The lowest BCUT2D eigenvalue weighted by Gasteiger charge is -2.31. The van der Waals surface area contributed by atoms with Gasteiger partial charge in [-0.2, -0.15) is 11.3 Å². The van der Waals surface area contributed by atoms with E-state index in [-0.39, 0.29) is 12.5 Å². The van der Waals surface area contributed by atoms with Crippen molar-refractivity contribution in [2.24, 2.45) is 5.92 Å². The summed E-state index contributed by atoms with van der Waals surface area (Å²) in [5, 5.41) is 4.20. The Morgan fingerprint density at radius 1 is 1.20 bits per heavy atom. The molecule has 0 bridgehead atoms. The molecule has 1 fully saturated rings. The monoisotopic (exact) mass is 386 g/mol. The number of benzene rings is 1. The molecule has 1 saturated heterocycles. The predicted molar refractivity (Wildman–Crippen MR) is 93.9 cm³/mol. The summed E-state index contributed by atoms with van der Waals surface area (Å²) in [6.07, 6.45) is 1.77. The lowest BCUT2D eigenvalue weighted by molar-refractivity contribution is 0.178. The average Bonchev–Trinajstić information content (AvgIpc) is 3.07. The molecule has 1 aromatic carbocycles. The van der Waals surface area contributed by atoms with Gasteiger partial charge < -0.3 is 0 Å². The van der Waals surface area contributed by atoms with Crippen LogP contribution < -0.4 is 4.72 Å². The van der Waals surface area contributed by atoms with Gasteiger partial charge in [0.1, 0.15) is 16.5 Å². The van der Waals surface area contributed by atoms with Gasteiger partial charge in [0.05, 0.1) is 0 Å². The highest BCUT2D eigenvalue weighted by atomic mass is 32.2. The number of nitrogens with one attached hydrogen (secondary N) is 1. The van der Waals surface area contributed by atoms with Crippen molar-refractivity contribution in [1.29, 1.82) is 0 Å². The fourth-order valence-corrected chi connectivity index (χ4v) is 4.82. The van der Waals surface area contributed by atoms with Gasteiger partial charge in [0.25, 0.3) is 0 Å². The van der Waals surface area contributed by atoms with Gasteiger partial charge >= 0.3 is 0 Å². The predicted octanol–water partition coefficient (Wildman–Crippen LogP) is 3.22. The highest BCUT2D eigenvalue weighted by Gasteiger charge is 2.24. The smallest absolute Gasteiger partial charge is 0.243 e. The summed E-state index contributed by atoms with van der Waals surface area (Å²) in [4.78, 5) is 1.84. The van der Waals surface area contributed by atoms with Crippen molar-refractivity contribution in [2.75, 3.05) is 19.6 Å². The highest BCUT2D eigenvalue weighted by Crippen LogP contribution is 2.21. The van der Waals surface area contributed by atoms with Crippen LogP contribution in [0, 0.1) is 17.6 Å². The molecule has 25 heavy (non-hydrogen) atoms. The van der Waals surface area contributed by atoms with Gasteiger partial charge in [-0.15, -0.1) is 0 Å². The topological polar surface area (TPSA) is 49.4 Å². The molecule has 1 aliphatic heterocycles. The molecule has 0 radical (unpaired) electrons. The number of likely N-dealkylation sites (tertiary alicyclic amines) is 1. The molecule has 4 nitrogen and oxygen atoms in total. The molecule has 1 N–H and O–H groups in total. The Labute approximate surface area is 150 Å². The second-order valence-electron chi connectivity index (χ2n) is 6.28. The number of rotatable bonds is 6. The third kappa shape index (κ3) is 4.84. The van der Waals surface area contributed by atoms with Gasteiger partial charge in [0, 0.05) is 19.2 Å². The van der Waals surface area contributed by atoms with Crippen LogP contribution in [0.15, 0.2) is 39.9 Å². The maximum atomic E-state index is 13.7. The molecule has 0 spiro atoms. The number of sulfonamides is 1. The molecular weight excluding hydrogens is 366 g/mol. The fraction of sp³-hybridized carbons (Fsp3) is 0.412. The lowest BCUT2D eigenvalue weighted by atomic mass is 9.97. The van der Waals surface area contributed by atoms with Crippen LogP contribution in [-0.2, 0) is 16.6 Å². The molecular formula is C17H20F2N2O2S2. The number of hydrogen-bond acceptors (Lipinski definition) is 4. The standard InChI is InChI=1S/C17H20F2N2O2S2/c18-15-1-2-17(16(19)9-15)25(22,23)20-10-13-3-6-21(7-4-13)11-14-5-8-24-12-14/h1-2,5,8-9,12-13,20H,3-4,6-7,10-11H2. The van der Waals surface area contributed by atoms with Crippen LogP contribution in [-0.4, -0.2) is 33.0 Å². The molecule has 8 heteroatoms. The number of piperidine rings is 1. The quantitative estimate of drug-likeness (QED) is 0.829. The Bertz CT molecular complexity index is 802. The van der Waals surface area contributed by atoms with Crippen LogP contribution in [0.4, 0.5) is 8.78 Å². The Hall–Kier alpha value is -1.35. The summed E-state index contributed by atoms with van der Waals surface area (Å²) in [5.74, 6) is -1.65. The first-order valence-electron chi connectivity index (χ1n) is 8.12. The highest BCUT2D eigenvalue weighted by molar-refractivity contribution is 7.89. The lowest BCUT2D eigenvalue weighted by Crippen LogP contribution is -2.38. The van der Waals surface area contributed by atoms with E-state index >= 15 is 0 Å². The van der Waals surface area contributed by atoms with Gasteiger partial charge in [-0.25, -0.2) is 21.9 Å². The zero-order chi connectivity index (χ0) is 17.9. The largest absolute Gasteiger partial charge is 0.299 e. The molecule has 0 unspecified atom stereocenters. The normalized spacial score (nSPS) is 17.0. The van der Waals surface area contributed by atoms with Gasteiger partial charge in [0.2, 0.25) is 10.0 Å². The molecule has 1 aliphatic rings. The Balaban J connectivity index is 1.50. The van der Waals surface area contributed by atoms with Crippen molar-refractivity contribution >= 4 is 21.4 Å². The van der Waals surface area contributed by atoms with E-state index in [4.69, 9.17) is 0 Å². The van der Waals surface area contributed by atoms with Crippen LogP contribution in [0.2, 0.25) is 0 Å². The van der Waals surface area contributed by atoms with Crippen molar-refractivity contribution < 1.29 is 17.2 Å². The Kier molecular flexibility index (Phi) is 5.83. The molecule has 0 saturated carbocycles. The zero-order valence-corrected chi connectivity index (χ0v) is 15.3. The molecule has 0 aliphatic carbocycles. The minimum absolute atomic E-state index is 0.219. The minimum Gasteiger partial charge on any atom is -0.299 e. The van der Waals surface area contributed by atoms with Gasteiger partial charge in [-0.3, -0.25) is 4.90 Å². The van der Waals surface area contributed by atoms with Crippen molar-refractivity contribution in [1.82, 2.24) is 9.62 Å². The van der Waals surface area contributed by atoms with Crippen LogP contribution >= 0.6 is 11.3 Å². The summed E-state index contributed by atoms with van der Waals surface area (Å²) < 4.78 is 53.5. The van der Waals surface area contributed by atoms with Crippen LogP contribution in [0.1, 0.15) is 18.4 Å². The number of hydrogen-bond donors (Lipinski definition) is 1. The molecule has 136 valence electrons. The molecule has 2 aromatic rings. The van der Waals surface area contributed by atoms with Crippen LogP contribution in [0.25, 0.3) is 0 Å². The van der Waals surface area contributed by atoms with E-state index in [9.17, 15) is 17.2 Å². The van der Waals surface area contributed by atoms with Crippen molar-refractivity contribution in [3.05, 3.63) is 52.2 Å². The summed E-state index contributed by atoms with van der Waals surface area (Å²) in [7, 11) is -3.97. The molecule has 2 heterocycles. The maximum absolute atomic E-state index is 13.7. The second-order valence-corrected chi connectivity index (χ2v) is 8.79. The first-order chi connectivity index (χ1) is 11.9. The SMILES string of the molecule is O=S(=O)(NCC1CCN(Cc2ccsc2)CC1)c1ccc(F)cc1F. The summed E-state index contributed by atoms with van der Waals surface area (Å²) in [6, 6.07) is 4.59. The third-order valence-corrected chi connectivity index (χ3v) is 6.63. The van der Waals surface area contributed by atoms with E-state index < -0.39 is 26.6 Å². The van der Waals surface area contributed by atoms with E-state index in [1.807, 2.05) is 0 Å². The van der Waals surface area contributed by atoms with Crippen molar-refractivity contribution in [3.63, 3.8) is 0 Å². The van der Waals surface area contributed by atoms with E-state index in [1.165, 1.54) is 5.56 Å². The minimum atomic E-state index is -3.97. The Morgan fingerprint density at radius 2 is 1.96 bits per heavy atom. The Morgan fingerprint density at radius 3 is 2.60 bits per heavy atom. The van der Waals surface area contributed by atoms with Gasteiger partial charge in [-0.1, -0.05) is 0 Å². The maximum Gasteiger partial charge on any atom is 0.243 e. The average molecular weight is 386 g/mol. The number of thiophene rings is 1. The van der Waals surface area contributed by atoms with Gasteiger partial charge in [0.15, 0.2) is 0 Å². The molecule has 3 rings (SSSR count). The van der Waals surface area contributed by atoms with Gasteiger partial charge in [-0.05, 0) is 66.4 Å².